The van der Waals surface area contributed by atoms with Crippen molar-refractivity contribution in [1.82, 2.24) is 19.9 Å². The third kappa shape index (κ3) is 5.50. The highest BCUT2D eigenvalue weighted by Gasteiger charge is 2.37. The second-order valence-corrected chi connectivity index (χ2v) is 11.3. The van der Waals surface area contributed by atoms with E-state index >= 15 is 0 Å². The Morgan fingerprint density at radius 2 is 2.00 bits per heavy atom. The van der Waals surface area contributed by atoms with Gasteiger partial charge in [-0.1, -0.05) is 6.92 Å². The molecule has 3 heterocycles. The van der Waals surface area contributed by atoms with Gasteiger partial charge in [0.1, 0.15) is 5.82 Å². The summed E-state index contributed by atoms with van der Waals surface area (Å²) in [5.74, 6) is 0.503. The maximum absolute atomic E-state index is 13.0. The third-order valence-corrected chi connectivity index (χ3v) is 7.99. The molecular weight excluding hydrogens is 476 g/mol. The van der Waals surface area contributed by atoms with Crippen molar-refractivity contribution in [3.8, 4) is 17.1 Å². The van der Waals surface area contributed by atoms with Crippen molar-refractivity contribution in [2.45, 2.75) is 50.7 Å². The number of nitrogens with zero attached hydrogens (tertiary/aromatic N) is 4. The zero-order chi connectivity index (χ0) is 24.3. The van der Waals surface area contributed by atoms with Gasteiger partial charge in [-0.2, -0.15) is 0 Å². The number of carbonyl (C=O) groups excluding carboxylic acids is 1. The van der Waals surface area contributed by atoms with E-state index < -0.39 is 15.4 Å². The van der Waals surface area contributed by atoms with Crippen molar-refractivity contribution >= 4 is 38.2 Å². The average molecular weight is 503 g/mol. The predicted molar refractivity (Wildman–Crippen MR) is 130 cm³/mol. The molecule has 1 aliphatic carbocycles. The normalized spacial score (nSPS) is 14.0. The molecule has 0 unspecified atom stereocenters. The lowest BCUT2D eigenvalue weighted by atomic mass is 9.89. The Kier molecular flexibility index (Phi) is 6.80. The Hall–Kier alpha value is -3.12. The largest absolute Gasteiger partial charge is 0.477 e. The molecule has 0 saturated heterocycles. The minimum Gasteiger partial charge on any atom is -0.477 e. The highest BCUT2D eigenvalue weighted by molar-refractivity contribution is 7.93. The molecular formula is C22H26N6O4S2. The van der Waals surface area contributed by atoms with Crippen LogP contribution in [-0.2, 0) is 20.2 Å². The van der Waals surface area contributed by atoms with Gasteiger partial charge in [0, 0.05) is 17.1 Å². The number of carbonyl (C=O) groups is 1. The van der Waals surface area contributed by atoms with Crippen LogP contribution in [0.2, 0.25) is 0 Å². The van der Waals surface area contributed by atoms with E-state index in [1.807, 2.05) is 6.92 Å². The van der Waals surface area contributed by atoms with Gasteiger partial charge in [0.2, 0.25) is 21.8 Å². The van der Waals surface area contributed by atoms with Gasteiger partial charge in [-0.25, -0.2) is 23.4 Å². The smallest absolute Gasteiger partial charge is 0.237 e. The van der Waals surface area contributed by atoms with Crippen molar-refractivity contribution in [3.05, 3.63) is 41.8 Å². The van der Waals surface area contributed by atoms with Crippen LogP contribution in [0.3, 0.4) is 0 Å². The average Bonchev–Trinajstić information content (AvgIpc) is 3.58. The second kappa shape index (κ2) is 9.63. The number of thiazole rings is 1. The van der Waals surface area contributed by atoms with Crippen LogP contribution in [0, 0.1) is 0 Å². The molecule has 1 fully saturated rings. The van der Waals surface area contributed by atoms with Crippen LogP contribution in [0.25, 0.3) is 11.3 Å². The van der Waals surface area contributed by atoms with Crippen LogP contribution >= 0.6 is 11.3 Å². The molecule has 1 saturated carbocycles. The van der Waals surface area contributed by atoms with Gasteiger partial charge in [0.25, 0.3) is 0 Å². The zero-order valence-corrected chi connectivity index (χ0v) is 20.7. The van der Waals surface area contributed by atoms with E-state index in [1.165, 1.54) is 0 Å². The van der Waals surface area contributed by atoms with Crippen molar-refractivity contribution in [1.29, 1.82) is 0 Å². The highest BCUT2D eigenvalue weighted by Crippen LogP contribution is 2.33. The number of pyridine rings is 1. The molecule has 0 bridgehead atoms. The van der Waals surface area contributed by atoms with Gasteiger partial charge in [0.15, 0.2) is 5.13 Å². The fourth-order valence-electron chi connectivity index (χ4n) is 2.96. The Morgan fingerprint density at radius 1 is 1.21 bits per heavy atom. The van der Waals surface area contributed by atoms with Crippen LogP contribution in [0.15, 0.2) is 36.1 Å². The van der Waals surface area contributed by atoms with Gasteiger partial charge >= 0.3 is 0 Å². The van der Waals surface area contributed by atoms with Crippen molar-refractivity contribution in [2.75, 3.05) is 16.6 Å². The highest BCUT2D eigenvalue weighted by atomic mass is 32.2. The molecule has 10 nitrogen and oxygen atoms in total. The first-order chi connectivity index (χ1) is 16.2. The summed E-state index contributed by atoms with van der Waals surface area (Å²) in [7, 11) is -3.41. The number of ether oxygens (including phenoxy) is 1. The summed E-state index contributed by atoms with van der Waals surface area (Å²) < 4.78 is 32.3. The van der Waals surface area contributed by atoms with E-state index in [0.717, 1.165) is 23.3 Å². The number of aromatic nitrogens is 4. The SMILES string of the molecule is CCCOc1cncc(-c2ccc(NC(=O)C(C)(C)c3csc(NS(=O)(=O)C4CC4)n3)nc2)n1. The van der Waals surface area contributed by atoms with Gasteiger partial charge in [-0.3, -0.25) is 14.5 Å². The van der Waals surface area contributed by atoms with Crippen molar-refractivity contribution in [3.63, 3.8) is 0 Å². The maximum Gasteiger partial charge on any atom is 0.237 e. The predicted octanol–water partition coefficient (Wildman–Crippen LogP) is 3.60. The summed E-state index contributed by atoms with van der Waals surface area (Å²) in [6.45, 7) is 6.02. The lowest BCUT2D eigenvalue weighted by Gasteiger charge is -2.21. The molecule has 1 amide bonds. The monoisotopic (exact) mass is 502 g/mol. The van der Waals surface area contributed by atoms with Gasteiger partial charge in [0.05, 0.1) is 41.1 Å². The number of amides is 1. The standard InChI is InChI=1S/C22H26N6O4S2/c1-4-9-32-19-12-23-11-16(25-19)14-5-8-18(24-10-14)27-20(29)22(2,3)17-13-33-21(26-17)28-34(30,31)15-6-7-15/h5,8,10-13,15H,4,6-7,9H2,1-3H3,(H,26,28)(H,24,27,29). The topological polar surface area (TPSA) is 136 Å². The summed E-state index contributed by atoms with van der Waals surface area (Å²) in [5.41, 5.74) is 0.817. The molecule has 4 rings (SSSR count). The zero-order valence-electron chi connectivity index (χ0n) is 19.1. The summed E-state index contributed by atoms with van der Waals surface area (Å²) in [4.78, 5) is 30.2. The van der Waals surface area contributed by atoms with E-state index in [0.29, 0.717) is 42.5 Å². The van der Waals surface area contributed by atoms with Crippen LogP contribution in [0.4, 0.5) is 10.9 Å². The molecule has 12 heteroatoms. The first kappa shape index (κ1) is 24.0. The number of nitrogens with one attached hydrogen (secondary N) is 2. The molecule has 0 radical (unpaired) electrons. The fraction of sp³-hybridized carbons (Fsp3) is 0.409. The first-order valence-electron chi connectivity index (χ1n) is 10.9. The van der Waals surface area contributed by atoms with Crippen molar-refractivity contribution < 1.29 is 17.9 Å². The molecule has 1 aliphatic rings. The Bertz CT molecular complexity index is 1270. The molecule has 0 aromatic carbocycles. The summed E-state index contributed by atoms with van der Waals surface area (Å²) in [6.07, 6.45) is 6.98. The minimum absolute atomic E-state index is 0.261. The molecule has 3 aromatic rings. The number of anilines is 2. The number of sulfonamides is 1. The lowest BCUT2D eigenvalue weighted by molar-refractivity contribution is -0.120. The molecule has 34 heavy (non-hydrogen) atoms. The fourth-order valence-corrected chi connectivity index (χ4v) is 5.44. The Morgan fingerprint density at radius 3 is 2.68 bits per heavy atom. The minimum atomic E-state index is -3.41. The lowest BCUT2D eigenvalue weighted by Crippen LogP contribution is -2.35. The van der Waals surface area contributed by atoms with E-state index in [1.54, 1.807) is 50.0 Å². The van der Waals surface area contributed by atoms with Crippen LogP contribution in [-0.4, -0.2) is 46.1 Å². The molecule has 3 aromatic heterocycles. The maximum atomic E-state index is 13.0. The number of rotatable bonds is 10. The van der Waals surface area contributed by atoms with E-state index in [9.17, 15) is 13.2 Å². The van der Waals surface area contributed by atoms with Crippen LogP contribution < -0.4 is 14.8 Å². The molecule has 2 N–H and O–H groups in total. The summed E-state index contributed by atoms with van der Waals surface area (Å²) in [6, 6.07) is 3.47. The molecule has 0 aliphatic heterocycles. The summed E-state index contributed by atoms with van der Waals surface area (Å²) in [5, 5.41) is 4.40. The van der Waals surface area contributed by atoms with Gasteiger partial charge in [-0.05, 0) is 45.2 Å². The second-order valence-electron chi connectivity index (χ2n) is 8.49. The number of hydrogen-bond donors (Lipinski definition) is 2. The molecule has 0 spiro atoms. The first-order valence-corrected chi connectivity index (χ1v) is 13.3. The van der Waals surface area contributed by atoms with Crippen molar-refractivity contribution in [2.24, 2.45) is 0 Å². The molecule has 0 atom stereocenters. The summed E-state index contributed by atoms with van der Waals surface area (Å²) >= 11 is 1.16. The van der Waals surface area contributed by atoms with E-state index in [4.69, 9.17) is 4.74 Å². The van der Waals surface area contributed by atoms with E-state index in [2.05, 4.69) is 30.0 Å². The van der Waals surface area contributed by atoms with Gasteiger partial charge < -0.3 is 10.1 Å². The number of hydrogen-bond acceptors (Lipinski definition) is 9. The Balaban J connectivity index is 1.42. The van der Waals surface area contributed by atoms with Crippen LogP contribution in [0.5, 0.6) is 5.88 Å². The quantitative estimate of drug-likeness (QED) is 0.429. The van der Waals surface area contributed by atoms with Gasteiger partial charge in [-0.15, -0.1) is 11.3 Å². The third-order valence-electron chi connectivity index (χ3n) is 5.27. The molecule has 180 valence electrons. The van der Waals surface area contributed by atoms with E-state index in [-0.39, 0.29) is 16.3 Å². The Labute approximate surface area is 202 Å². The van der Waals surface area contributed by atoms with Crippen LogP contribution in [0.1, 0.15) is 45.7 Å².